The van der Waals surface area contributed by atoms with E-state index in [0.717, 1.165) is 19.0 Å². The van der Waals surface area contributed by atoms with Crippen molar-refractivity contribution in [3.8, 4) is 0 Å². The van der Waals surface area contributed by atoms with Crippen LogP contribution in [0.1, 0.15) is 17.0 Å². The molecule has 0 unspecified atom stereocenters. The lowest BCUT2D eigenvalue weighted by atomic mass is 9.93. The number of benzene rings is 1. The van der Waals surface area contributed by atoms with Crippen LogP contribution >= 0.6 is 15.9 Å². The molecule has 1 heterocycles. The molecule has 0 spiro atoms. The molecule has 1 aromatic rings. The van der Waals surface area contributed by atoms with E-state index in [1.54, 1.807) is 0 Å². The maximum Gasteiger partial charge on any atom is 0.0240 e. The zero-order valence-electron chi connectivity index (χ0n) is 7.10. The quantitative estimate of drug-likeness (QED) is 0.775. The molecule has 1 aliphatic heterocycles. The van der Waals surface area contributed by atoms with E-state index in [0.29, 0.717) is 0 Å². The number of halogens is 1. The van der Waals surface area contributed by atoms with E-state index >= 15 is 0 Å². The van der Waals surface area contributed by atoms with Crippen LogP contribution in [0.25, 0.3) is 0 Å². The Morgan fingerprint density at radius 2 is 2.17 bits per heavy atom. The molecule has 64 valence electrons. The highest BCUT2D eigenvalue weighted by molar-refractivity contribution is 9.10. The number of nitrogens with one attached hydrogen (secondary N) is 1. The molecule has 12 heavy (non-hydrogen) atoms. The third kappa shape index (κ3) is 1.29. The van der Waals surface area contributed by atoms with Crippen LogP contribution in [0.15, 0.2) is 22.7 Å². The Hall–Kier alpha value is -0.340. The highest BCUT2D eigenvalue weighted by Gasteiger charge is 2.21. The monoisotopic (exact) mass is 225 g/mol. The molecule has 1 N–H and O–H groups in total. The van der Waals surface area contributed by atoms with Crippen LogP contribution in [0, 0.1) is 6.92 Å². The molecule has 2 rings (SSSR count). The standard InChI is InChI=1S/C10H12BrN/c1-7-3-2-4-9(10(7)11)8-5-12-6-8/h2-4,8,12H,5-6H2,1H3. The molecule has 0 aromatic heterocycles. The average molecular weight is 226 g/mol. The molecule has 1 nitrogen and oxygen atoms in total. The molecule has 0 atom stereocenters. The van der Waals surface area contributed by atoms with Gasteiger partial charge in [-0.25, -0.2) is 0 Å². The third-order valence-electron chi connectivity index (χ3n) is 2.44. The molecule has 1 saturated heterocycles. The van der Waals surface area contributed by atoms with E-state index < -0.39 is 0 Å². The van der Waals surface area contributed by atoms with Gasteiger partial charge in [-0.1, -0.05) is 34.1 Å². The molecular formula is C10H12BrN. The zero-order chi connectivity index (χ0) is 8.55. The summed E-state index contributed by atoms with van der Waals surface area (Å²) in [4.78, 5) is 0. The van der Waals surface area contributed by atoms with Crippen molar-refractivity contribution in [2.45, 2.75) is 12.8 Å². The fraction of sp³-hybridized carbons (Fsp3) is 0.400. The average Bonchev–Trinajstić information content (AvgIpc) is 1.95. The Kier molecular flexibility index (Phi) is 2.20. The first-order valence-electron chi connectivity index (χ1n) is 4.25. The van der Waals surface area contributed by atoms with Crippen LogP contribution in [0.2, 0.25) is 0 Å². The minimum Gasteiger partial charge on any atom is -0.315 e. The molecule has 0 aliphatic carbocycles. The minimum atomic E-state index is 0.722. The predicted molar refractivity (Wildman–Crippen MR) is 54.5 cm³/mol. The number of rotatable bonds is 1. The fourth-order valence-corrected chi connectivity index (χ4v) is 2.08. The van der Waals surface area contributed by atoms with E-state index in [1.165, 1.54) is 15.6 Å². The van der Waals surface area contributed by atoms with Crippen molar-refractivity contribution in [3.05, 3.63) is 33.8 Å². The van der Waals surface area contributed by atoms with Crippen LogP contribution < -0.4 is 5.32 Å². The van der Waals surface area contributed by atoms with Gasteiger partial charge in [0.15, 0.2) is 0 Å². The zero-order valence-corrected chi connectivity index (χ0v) is 8.69. The summed E-state index contributed by atoms with van der Waals surface area (Å²) in [6, 6.07) is 6.48. The molecule has 1 aromatic carbocycles. The van der Waals surface area contributed by atoms with Gasteiger partial charge in [0.1, 0.15) is 0 Å². The molecule has 2 heteroatoms. The maximum absolute atomic E-state index is 3.63. The molecule has 0 saturated carbocycles. The van der Waals surface area contributed by atoms with Gasteiger partial charge in [-0.05, 0) is 18.1 Å². The highest BCUT2D eigenvalue weighted by Crippen LogP contribution is 2.29. The summed E-state index contributed by atoms with van der Waals surface area (Å²) in [5.41, 5.74) is 2.79. The van der Waals surface area contributed by atoms with E-state index in [4.69, 9.17) is 0 Å². The van der Waals surface area contributed by atoms with Crippen molar-refractivity contribution in [2.24, 2.45) is 0 Å². The van der Waals surface area contributed by atoms with Gasteiger partial charge < -0.3 is 5.32 Å². The Bertz CT molecular complexity index is 292. The van der Waals surface area contributed by atoms with Crippen molar-refractivity contribution < 1.29 is 0 Å². The van der Waals surface area contributed by atoms with Gasteiger partial charge in [0.2, 0.25) is 0 Å². The summed E-state index contributed by atoms with van der Waals surface area (Å²) in [6.07, 6.45) is 0. The molecular weight excluding hydrogens is 214 g/mol. The van der Waals surface area contributed by atoms with Crippen molar-refractivity contribution in [2.75, 3.05) is 13.1 Å². The number of aryl methyl sites for hydroxylation is 1. The summed E-state index contributed by atoms with van der Waals surface area (Å²) in [7, 11) is 0. The SMILES string of the molecule is Cc1cccc(C2CNC2)c1Br. The van der Waals surface area contributed by atoms with Gasteiger partial charge in [-0.15, -0.1) is 0 Å². The lowest BCUT2D eigenvalue weighted by molar-refractivity contribution is 0.447. The summed E-state index contributed by atoms with van der Waals surface area (Å²) in [5, 5.41) is 3.29. The van der Waals surface area contributed by atoms with E-state index in [9.17, 15) is 0 Å². The Labute approximate surface area is 81.3 Å². The summed E-state index contributed by atoms with van der Waals surface area (Å²) in [5.74, 6) is 0.722. The lowest BCUT2D eigenvalue weighted by Crippen LogP contribution is -2.40. The van der Waals surface area contributed by atoms with E-state index in [-0.39, 0.29) is 0 Å². The lowest BCUT2D eigenvalue weighted by Gasteiger charge is -2.28. The van der Waals surface area contributed by atoms with Gasteiger partial charge >= 0.3 is 0 Å². The first kappa shape index (κ1) is 8.27. The van der Waals surface area contributed by atoms with Crippen LogP contribution in [-0.2, 0) is 0 Å². The summed E-state index contributed by atoms with van der Waals surface area (Å²) >= 11 is 3.63. The molecule has 0 amide bonds. The first-order chi connectivity index (χ1) is 5.79. The van der Waals surface area contributed by atoms with Crippen LogP contribution in [0.3, 0.4) is 0 Å². The summed E-state index contributed by atoms with van der Waals surface area (Å²) < 4.78 is 1.29. The van der Waals surface area contributed by atoms with Crippen LogP contribution in [-0.4, -0.2) is 13.1 Å². The normalized spacial score (nSPS) is 17.5. The fourth-order valence-electron chi connectivity index (χ4n) is 1.49. The van der Waals surface area contributed by atoms with Crippen molar-refractivity contribution in [1.82, 2.24) is 5.32 Å². The van der Waals surface area contributed by atoms with Crippen LogP contribution in [0.4, 0.5) is 0 Å². The molecule has 1 aliphatic rings. The Morgan fingerprint density at radius 1 is 1.42 bits per heavy atom. The highest BCUT2D eigenvalue weighted by atomic mass is 79.9. The Balaban J connectivity index is 2.36. The first-order valence-corrected chi connectivity index (χ1v) is 5.04. The van der Waals surface area contributed by atoms with E-state index in [1.807, 2.05) is 0 Å². The van der Waals surface area contributed by atoms with Crippen molar-refractivity contribution in [1.29, 1.82) is 0 Å². The largest absolute Gasteiger partial charge is 0.315 e. The maximum atomic E-state index is 3.63. The molecule has 0 radical (unpaired) electrons. The van der Waals surface area contributed by atoms with Gasteiger partial charge in [0.25, 0.3) is 0 Å². The van der Waals surface area contributed by atoms with Gasteiger partial charge in [0.05, 0.1) is 0 Å². The second-order valence-electron chi connectivity index (χ2n) is 3.33. The van der Waals surface area contributed by atoms with E-state index in [2.05, 4.69) is 46.4 Å². The predicted octanol–water partition coefficient (Wildman–Crippen LogP) is 2.44. The van der Waals surface area contributed by atoms with Gasteiger partial charge in [-0.2, -0.15) is 0 Å². The van der Waals surface area contributed by atoms with Gasteiger partial charge in [-0.3, -0.25) is 0 Å². The van der Waals surface area contributed by atoms with Crippen molar-refractivity contribution in [3.63, 3.8) is 0 Å². The van der Waals surface area contributed by atoms with Crippen LogP contribution in [0.5, 0.6) is 0 Å². The second kappa shape index (κ2) is 3.19. The molecule has 0 bridgehead atoms. The van der Waals surface area contributed by atoms with Crippen molar-refractivity contribution >= 4 is 15.9 Å². The number of hydrogen-bond acceptors (Lipinski definition) is 1. The molecule has 1 fully saturated rings. The Morgan fingerprint density at radius 3 is 2.75 bits per heavy atom. The number of hydrogen-bond donors (Lipinski definition) is 1. The summed E-state index contributed by atoms with van der Waals surface area (Å²) in [6.45, 7) is 4.39. The minimum absolute atomic E-state index is 0.722. The topological polar surface area (TPSA) is 12.0 Å². The van der Waals surface area contributed by atoms with Gasteiger partial charge in [0, 0.05) is 23.5 Å². The second-order valence-corrected chi connectivity index (χ2v) is 4.13. The smallest absolute Gasteiger partial charge is 0.0240 e. The third-order valence-corrected chi connectivity index (χ3v) is 3.53.